The van der Waals surface area contributed by atoms with Crippen LogP contribution in [0, 0.1) is 18.2 Å². The fraction of sp³-hybridized carbons (Fsp3) is 0.273. The van der Waals surface area contributed by atoms with E-state index in [4.69, 9.17) is 6.42 Å². The molecule has 1 rings (SSSR count). The van der Waals surface area contributed by atoms with Gasteiger partial charge in [-0.15, -0.1) is 6.42 Å². The Morgan fingerprint density at radius 1 is 1.64 bits per heavy atom. The van der Waals surface area contributed by atoms with Crippen molar-refractivity contribution in [1.29, 1.82) is 0 Å². The van der Waals surface area contributed by atoms with Crippen molar-refractivity contribution >= 4 is 15.9 Å². The van der Waals surface area contributed by atoms with Crippen LogP contribution in [0.5, 0.6) is 0 Å². The molecule has 0 bridgehead atoms. The van der Waals surface area contributed by atoms with Gasteiger partial charge in [-0.25, -0.2) is 4.39 Å². The van der Waals surface area contributed by atoms with Gasteiger partial charge >= 0.3 is 0 Å². The van der Waals surface area contributed by atoms with Gasteiger partial charge < -0.3 is 5.32 Å². The van der Waals surface area contributed by atoms with E-state index >= 15 is 0 Å². The molecule has 74 valence electrons. The number of rotatable bonds is 3. The SMILES string of the molecule is C#CC(NCC)c1c(F)cccc1Br. The fourth-order valence-electron chi connectivity index (χ4n) is 1.23. The zero-order chi connectivity index (χ0) is 10.6. The molecule has 1 unspecified atom stereocenters. The van der Waals surface area contributed by atoms with Crippen LogP contribution in [0.25, 0.3) is 0 Å². The summed E-state index contributed by atoms with van der Waals surface area (Å²) in [4.78, 5) is 0. The Bertz CT molecular complexity index is 337. The molecule has 0 spiro atoms. The summed E-state index contributed by atoms with van der Waals surface area (Å²) in [5.74, 6) is 2.23. The van der Waals surface area contributed by atoms with Gasteiger partial charge in [-0.1, -0.05) is 34.8 Å². The van der Waals surface area contributed by atoms with E-state index < -0.39 is 0 Å². The molecule has 0 amide bonds. The molecule has 0 aromatic heterocycles. The van der Waals surface area contributed by atoms with Gasteiger partial charge in [-0.05, 0) is 18.7 Å². The third kappa shape index (κ3) is 2.34. The molecule has 0 fully saturated rings. The topological polar surface area (TPSA) is 12.0 Å². The summed E-state index contributed by atoms with van der Waals surface area (Å²) in [6.07, 6.45) is 5.33. The average Bonchev–Trinajstić information content (AvgIpc) is 2.16. The molecule has 1 aromatic carbocycles. The summed E-state index contributed by atoms with van der Waals surface area (Å²) in [7, 11) is 0. The smallest absolute Gasteiger partial charge is 0.130 e. The highest BCUT2D eigenvalue weighted by Crippen LogP contribution is 2.25. The Balaban J connectivity index is 3.10. The maximum absolute atomic E-state index is 13.4. The van der Waals surface area contributed by atoms with Gasteiger partial charge in [0.2, 0.25) is 0 Å². The van der Waals surface area contributed by atoms with Gasteiger partial charge in [-0.3, -0.25) is 0 Å². The molecular formula is C11H11BrFN. The van der Waals surface area contributed by atoms with Crippen LogP contribution in [-0.4, -0.2) is 6.54 Å². The average molecular weight is 256 g/mol. The monoisotopic (exact) mass is 255 g/mol. The van der Waals surface area contributed by atoms with Crippen LogP contribution in [0.1, 0.15) is 18.5 Å². The lowest BCUT2D eigenvalue weighted by Crippen LogP contribution is -2.20. The summed E-state index contributed by atoms with van der Waals surface area (Å²) in [6, 6.07) is 4.44. The molecule has 1 atom stereocenters. The van der Waals surface area contributed by atoms with E-state index in [-0.39, 0.29) is 11.9 Å². The van der Waals surface area contributed by atoms with Crippen LogP contribution in [0.3, 0.4) is 0 Å². The maximum Gasteiger partial charge on any atom is 0.130 e. The van der Waals surface area contributed by atoms with Crippen molar-refractivity contribution in [2.75, 3.05) is 6.54 Å². The van der Waals surface area contributed by atoms with E-state index in [9.17, 15) is 4.39 Å². The number of halogens is 2. The van der Waals surface area contributed by atoms with Gasteiger partial charge in [0.25, 0.3) is 0 Å². The molecule has 0 radical (unpaired) electrons. The van der Waals surface area contributed by atoms with Crippen LogP contribution < -0.4 is 5.32 Å². The number of nitrogens with one attached hydrogen (secondary N) is 1. The number of hydrogen-bond acceptors (Lipinski definition) is 1. The van der Waals surface area contributed by atoms with E-state index in [1.165, 1.54) is 6.07 Å². The van der Waals surface area contributed by atoms with Gasteiger partial charge in [0.05, 0.1) is 6.04 Å². The lowest BCUT2D eigenvalue weighted by Gasteiger charge is -2.14. The molecule has 0 saturated carbocycles. The normalized spacial score (nSPS) is 12.1. The molecular weight excluding hydrogens is 245 g/mol. The quantitative estimate of drug-likeness (QED) is 0.820. The van der Waals surface area contributed by atoms with Gasteiger partial charge in [0, 0.05) is 10.0 Å². The van der Waals surface area contributed by atoms with Crippen molar-refractivity contribution in [3.05, 3.63) is 34.1 Å². The van der Waals surface area contributed by atoms with Gasteiger partial charge in [-0.2, -0.15) is 0 Å². The first-order valence-corrected chi connectivity index (χ1v) is 5.13. The molecule has 1 aromatic rings. The minimum atomic E-state index is -0.379. The van der Waals surface area contributed by atoms with Crippen LogP contribution in [0.15, 0.2) is 22.7 Å². The standard InChI is InChI=1S/C11H11BrFN/c1-3-10(14-4-2)11-8(12)6-5-7-9(11)13/h1,5-7,10,14H,4H2,2H3. The van der Waals surface area contributed by atoms with E-state index in [0.717, 1.165) is 0 Å². The van der Waals surface area contributed by atoms with E-state index in [2.05, 4.69) is 27.2 Å². The predicted octanol–water partition coefficient (Wildman–Crippen LogP) is 2.87. The van der Waals surface area contributed by atoms with E-state index in [0.29, 0.717) is 16.6 Å². The van der Waals surface area contributed by atoms with Gasteiger partial charge in [0.1, 0.15) is 5.82 Å². The van der Waals surface area contributed by atoms with Crippen LogP contribution in [0.2, 0.25) is 0 Å². The van der Waals surface area contributed by atoms with Crippen molar-refractivity contribution in [2.45, 2.75) is 13.0 Å². The summed E-state index contributed by atoms with van der Waals surface area (Å²) in [6.45, 7) is 2.63. The lowest BCUT2D eigenvalue weighted by molar-refractivity contribution is 0.571. The minimum Gasteiger partial charge on any atom is -0.300 e. The highest BCUT2D eigenvalue weighted by atomic mass is 79.9. The molecule has 0 heterocycles. The third-order valence-corrected chi connectivity index (χ3v) is 2.55. The molecule has 3 heteroatoms. The summed E-state index contributed by atoms with van der Waals surface area (Å²) < 4.78 is 14.1. The van der Waals surface area contributed by atoms with Crippen LogP contribution >= 0.6 is 15.9 Å². The van der Waals surface area contributed by atoms with E-state index in [1.54, 1.807) is 12.1 Å². The van der Waals surface area contributed by atoms with Crippen molar-refractivity contribution in [3.8, 4) is 12.3 Å². The molecule has 0 aliphatic heterocycles. The fourth-order valence-corrected chi connectivity index (χ4v) is 1.81. The van der Waals surface area contributed by atoms with Crippen molar-refractivity contribution in [3.63, 3.8) is 0 Å². The molecule has 14 heavy (non-hydrogen) atoms. The first-order valence-electron chi connectivity index (χ1n) is 4.34. The summed E-state index contributed by atoms with van der Waals surface area (Å²) in [5.41, 5.74) is 0.497. The number of terminal acetylenes is 1. The first-order chi connectivity index (χ1) is 6.70. The largest absolute Gasteiger partial charge is 0.300 e. The second-order valence-corrected chi connectivity index (χ2v) is 3.65. The minimum absolute atomic E-state index is 0.289. The van der Waals surface area contributed by atoms with Crippen LogP contribution in [-0.2, 0) is 0 Å². The van der Waals surface area contributed by atoms with Crippen molar-refractivity contribution < 1.29 is 4.39 Å². The zero-order valence-corrected chi connectivity index (χ0v) is 9.44. The number of hydrogen-bond donors (Lipinski definition) is 1. The first kappa shape index (κ1) is 11.2. The summed E-state index contributed by atoms with van der Waals surface area (Å²) in [5, 5.41) is 3.02. The molecule has 1 nitrogen and oxygen atoms in total. The molecule has 1 N–H and O–H groups in total. The summed E-state index contributed by atoms with van der Waals surface area (Å²) >= 11 is 3.28. The predicted molar refractivity (Wildman–Crippen MR) is 59.4 cm³/mol. The molecule has 0 aliphatic carbocycles. The second kappa shape index (κ2) is 5.14. The van der Waals surface area contributed by atoms with Crippen molar-refractivity contribution in [1.82, 2.24) is 5.32 Å². The highest BCUT2D eigenvalue weighted by Gasteiger charge is 2.14. The second-order valence-electron chi connectivity index (χ2n) is 2.79. The van der Waals surface area contributed by atoms with Crippen molar-refractivity contribution in [2.24, 2.45) is 0 Å². The lowest BCUT2D eigenvalue weighted by atomic mass is 10.1. The molecule has 0 aliphatic rings. The van der Waals surface area contributed by atoms with Crippen LogP contribution in [0.4, 0.5) is 4.39 Å². The maximum atomic E-state index is 13.4. The van der Waals surface area contributed by atoms with E-state index in [1.807, 2.05) is 6.92 Å². The Morgan fingerprint density at radius 3 is 2.86 bits per heavy atom. The Kier molecular flexibility index (Phi) is 4.12. The number of benzene rings is 1. The molecule has 0 saturated heterocycles. The third-order valence-electron chi connectivity index (χ3n) is 1.86. The zero-order valence-electron chi connectivity index (χ0n) is 7.85. The Labute approximate surface area is 91.8 Å². The Hall–Kier alpha value is -0.850. The van der Waals surface area contributed by atoms with Gasteiger partial charge in [0.15, 0.2) is 0 Å². The Morgan fingerprint density at radius 2 is 2.36 bits per heavy atom. The highest BCUT2D eigenvalue weighted by molar-refractivity contribution is 9.10.